The number of rotatable bonds is 5. The Balaban J connectivity index is 1.56. The molecule has 1 aromatic heterocycles. The third kappa shape index (κ3) is 3.55. The van der Waals surface area contributed by atoms with Gasteiger partial charge in [-0.2, -0.15) is 11.3 Å². The predicted molar refractivity (Wildman–Crippen MR) is 77.2 cm³/mol. The lowest BCUT2D eigenvalue weighted by atomic mass is 10.3. The van der Waals surface area contributed by atoms with E-state index in [0.29, 0.717) is 18.5 Å². The Morgan fingerprint density at radius 2 is 2.21 bits per heavy atom. The maximum absolute atomic E-state index is 12.3. The van der Waals surface area contributed by atoms with Gasteiger partial charge in [0, 0.05) is 38.8 Å². The zero-order chi connectivity index (χ0) is 13.1. The molecule has 2 fully saturated rings. The molecule has 2 heterocycles. The molecule has 0 unspecified atom stereocenters. The lowest BCUT2D eigenvalue weighted by Gasteiger charge is -2.30. The Labute approximate surface area is 118 Å². The highest BCUT2D eigenvalue weighted by atomic mass is 32.1. The van der Waals surface area contributed by atoms with Crippen LogP contribution >= 0.6 is 11.3 Å². The second-order valence-corrected chi connectivity index (χ2v) is 6.18. The molecule has 0 radical (unpaired) electrons. The van der Waals surface area contributed by atoms with Gasteiger partial charge in [0.05, 0.1) is 6.54 Å². The second-order valence-electron chi connectivity index (χ2n) is 5.40. The number of hydrogen-bond acceptors (Lipinski definition) is 4. The van der Waals surface area contributed by atoms with Gasteiger partial charge in [-0.1, -0.05) is 0 Å². The van der Waals surface area contributed by atoms with Crippen LogP contribution in [0.3, 0.4) is 0 Å². The fourth-order valence-electron chi connectivity index (χ4n) is 2.56. The zero-order valence-corrected chi connectivity index (χ0v) is 12.0. The molecule has 0 atom stereocenters. The van der Waals surface area contributed by atoms with Gasteiger partial charge in [-0.25, -0.2) is 0 Å². The molecule has 0 bridgehead atoms. The molecule has 3 rings (SSSR count). The summed E-state index contributed by atoms with van der Waals surface area (Å²) in [5.74, 6) is 0.295. The van der Waals surface area contributed by atoms with Gasteiger partial charge in [0.15, 0.2) is 0 Å². The molecular weight excluding hydrogens is 258 g/mol. The van der Waals surface area contributed by atoms with E-state index < -0.39 is 0 Å². The van der Waals surface area contributed by atoms with Crippen LogP contribution < -0.4 is 5.32 Å². The second kappa shape index (κ2) is 6.03. The van der Waals surface area contributed by atoms with Crippen molar-refractivity contribution in [3.63, 3.8) is 0 Å². The van der Waals surface area contributed by atoms with Gasteiger partial charge < -0.3 is 10.2 Å². The van der Waals surface area contributed by atoms with Gasteiger partial charge in [-0.05, 0) is 35.2 Å². The van der Waals surface area contributed by atoms with E-state index >= 15 is 0 Å². The van der Waals surface area contributed by atoms with Gasteiger partial charge in [0.1, 0.15) is 0 Å². The first-order valence-electron chi connectivity index (χ1n) is 7.06. The van der Waals surface area contributed by atoms with E-state index in [0.717, 1.165) is 32.7 Å². The van der Waals surface area contributed by atoms with Crippen molar-refractivity contribution in [2.24, 2.45) is 0 Å². The summed E-state index contributed by atoms with van der Waals surface area (Å²) in [7, 11) is 0. The lowest BCUT2D eigenvalue weighted by molar-refractivity contribution is -0.133. The van der Waals surface area contributed by atoms with Gasteiger partial charge in [-0.15, -0.1) is 0 Å². The van der Waals surface area contributed by atoms with E-state index in [1.54, 1.807) is 11.3 Å². The largest absolute Gasteiger partial charge is 0.339 e. The SMILES string of the molecule is O=C(CN(Cc1ccsc1)C1CC1)N1CCNCC1. The first-order valence-corrected chi connectivity index (χ1v) is 8.01. The van der Waals surface area contributed by atoms with E-state index in [1.165, 1.54) is 18.4 Å². The van der Waals surface area contributed by atoms with Crippen molar-refractivity contribution in [3.8, 4) is 0 Å². The normalized spacial score (nSPS) is 19.9. The minimum Gasteiger partial charge on any atom is -0.339 e. The highest BCUT2D eigenvalue weighted by Crippen LogP contribution is 2.28. The number of nitrogens with zero attached hydrogens (tertiary/aromatic N) is 2. The molecule has 1 aliphatic heterocycles. The van der Waals surface area contributed by atoms with Crippen molar-refractivity contribution < 1.29 is 4.79 Å². The van der Waals surface area contributed by atoms with Crippen molar-refractivity contribution >= 4 is 17.2 Å². The molecule has 4 nitrogen and oxygen atoms in total. The highest BCUT2D eigenvalue weighted by molar-refractivity contribution is 7.07. The molecule has 1 saturated carbocycles. The fraction of sp³-hybridized carbons (Fsp3) is 0.643. The van der Waals surface area contributed by atoms with E-state index in [1.807, 2.05) is 4.90 Å². The maximum atomic E-state index is 12.3. The van der Waals surface area contributed by atoms with E-state index in [-0.39, 0.29) is 0 Å². The molecule has 1 amide bonds. The molecule has 1 aliphatic carbocycles. The van der Waals surface area contributed by atoms with Crippen LogP contribution in [0.4, 0.5) is 0 Å². The number of hydrogen-bond donors (Lipinski definition) is 1. The molecule has 1 aromatic rings. The van der Waals surface area contributed by atoms with Gasteiger partial charge in [0.2, 0.25) is 5.91 Å². The topological polar surface area (TPSA) is 35.6 Å². The lowest BCUT2D eigenvalue weighted by Crippen LogP contribution is -2.49. The van der Waals surface area contributed by atoms with Crippen LogP contribution in [0.1, 0.15) is 18.4 Å². The van der Waals surface area contributed by atoms with Crippen LogP contribution in [-0.4, -0.2) is 54.5 Å². The summed E-state index contributed by atoms with van der Waals surface area (Å²) in [6, 6.07) is 2.79. The zero-order valence-electron chi connectivity index (χ0n) is 11.2. The molecule has 1 N–H and O–H groups in total. The highest BCUT2D eigenvalue weighted by Gasteiger charge is 2.31. The van der Waals surface area contributed by atoms with Crippen LogP contribution in [0.2, 0.25) is 0 Å². The van der Waals surface area contributed by atoms with Crippen LogP contribution in [0.15, 0.2) is 16.8 Å². The van der Waals surface area contributed by atoms with Crippen LogP contribution in [0.5, 0.6) is 0 Å². The quantitative estimate of drug-likeness (QED) is 0.878. The van der Waals surface area contributed by atoms with Crippen molar-refractivity contribution in [2.75, 3.05) is 32.7 Å². The maximum Gasteiger partial charge on any atom is 0.236 e. The average Bonchev–Trinajstić information content (AvgIpc) is 3.17. The standard InChI is InChI=1S/C14H21N3OS/c18-14(16-6-4-15-5-7-16)10-17(13-1-2-13)9-12-3-8-19-11-12/h3,8,11,13,15H,1-2,4-7,9-10H2. The predicted octanol–water partition coefficient (Wildman–Crippen LogP) is 1.14. The first-order chi connectivity index (χ1) is 9.33. The smallest absolute Gasteiger partial charge is 0.236 e. The number of thiophene rings is 1. The molecule has 2 aliphatic rings. The minimum atomic E-state index is 0.295. The molecule has 104 valence electrons. The fourth-order valence-corrected chi connectivity index (χ4v) is 3.22. The van der Waals surface area contributed by atoms with Crippen molar-refractivity contribution in [3.05, 3.63) is 22.4 Å². The first kappa shape index (κ1) is 13.1. The number of carbonyl (C=O) groups excluding carboxylic acids is 1. The monoisotopic (exact) mass is 279 g/mol. The molecule has 0 aromatic carbocycles. The van der Waals surface area contributed by atoms with Crippen molar-refractivity contribution in [2.45, 2.75) is 25.4 Å². The molecular formula is C14H21N3OS. The minimum absolute atomic E-state index is 0.295. The molecule has 5 heteroatoms. The number of nitrogens with one attached hydrogen (secondary N) is 1. The molecule has 19 heavy (non-hydrogen) atoms. The summed E-state index contributed by atoms with van der Waals surface area (Å²) in [5, 5.41) is 7.58. The van der Waals surface area contributed by atoms with E-state index in [9.17, 15) is 4.79 Å². The summed E-state index contributed by atoms with van der Waals surface area (Å²) in [5.41, 5.74) is 1.34. The van der Waals surface area contributed by atoms with Crippen LogP contribution in [0, 0.1) is 0 Å². The summed E-state index contributed by atoms with van der Waals surface area (Å²) in [4.78, 5) is 16.7. The van der Waals surface area contributed by atoms with Crippen LogP contribution in [-0.2, 0) is 11.3 Å². The Hall–Kier alpha value is -0.910. The Morgan fingerprint density at radius 1 is 1.42 bits per heavy atom. The van der Waals surface area contributed by atoms with Gasteiger partial charge in [0.25, 0.3) is 0 Å². The summed E-state index contributed by atoms with van der Waals surface area (Å²) >= 11 is 1.73. The Morgan fingerprint density at radius 3 is 2.84 bits per heavy atom. The molecule has 1 saturated heterocycles. The number of amides is 1. The Bertz CT molecular complexity index is 410. The van der Waals surface area contributed by atoms with Crippen molar-refractivity contribution in [1.29, 1.82) is 0 Å². The number of piperazine rings is 1. The molecule has 0 spiro atoms. The van der Waals surface area contributed by atoms with Crippen molar-refractivity contribution in [1.82, 2.24) is 15.1 Å². The van der Waals surface area contributed by atoms with Crippen LogP contribution in [0.25, 0.3) is 0 Å². The third-order valence-corrected chi connectivity index (χ3v) is 4.57. The summed E-state index contributed by atoms with van der Waals surface area (Å²) in [6.07, 6.45) is 2.50. The van der Waals surface area contributed by atoms with E-state index in [2.05, 4.69) is 27.0 Å². The number of carbonyl (C=O) groups is 1. The summed E-state index contributed by atoms with van der Waals surface area (Å²) < 4.78 is 0. The van der Waals surface area contributed by atoms with E-state index in [4.69, 9.17) is 0 Å². The third-order valence-electron chi connectivity index (χ3n) is 3.84. The Kier molecular flexibility index (Phi) is 4.15. The average molecular weight is 279 g/mol. The van der Waals surface area contributed by atoms with Gasteiger partial charge >= 0.3 is 0 Å². The van der Waals surface area contributed by atoms with Gasteiger partial charge in [-0.3, -0.25) is 9.69 Å². The summed E-state index contributed by atoms with van der Waals surface area (Å²) in [6.45, 7) is 5.08.